The summed E-state index contributed by atoms with van der Waals surface area (Å²) in [6, 6.07) is 11.7. The quantitative estimate of drug-likeness (QED) is 0.325. The van der Waals surface area contributed by atoms with E-state index in [1.807, 2.05) is 68.5 Å². The molecular formula is C27H27BrN2O5. The Morgan fingerprint density at radius 2 is 1.66 bits per heavy atom. The van der Waals surface area contributed by atoms with Crippen molar-refractivity contribution in [2.75, 3.05) is 11.9 Å². The molecule has 0 saturated carbocycles. The molecule has 2 aromatic carbocycles. The molecule has 1 heterocycles. The Labute approximate surface area is 212 Å². The van der Waals surface area contributed by atoms with E-state index in [9.17, 15) is 19.2 Å². The maximum Gasteiger partial charge on any atom is 0.330 e. The van der Waals surface area contributed by atoms with Gasteiger partial charge < -0.3 is 10.1 Å². The van der Waals surface area contributed by atoms with Crippen LogP contribution >= 0.6 is 15.9 Å². The summed E-state index contributed by atoms with van der Waals surface area (Å²) in [6.45, 7) is 3.24. The second-order valence-electron chi connectivity index (χ2n) is 8.98. The molecule has 0 radical (unpaired) electrons. The number of benzene rings is 2. The first kappa shape index (κ1) is 24.9. The number of ether oxygens (including phenoxy) is 1. The van der Waals surface area contributed by atoms with Crippen LogP contribution in [0, 0.1) is 25.7 Å². The lowest BCUT2D eigenvalue weighted by Crippen LogP contribution is -2.48. The van der Waals surface area contributed by atoms with E-state index >= 15 is 0 Å². The number of anilines is 1. The zero-order valence-electron chi connectivity index (χ0n) is 19.6. The van der Waals surface area contributed by atoms with Gasteiger partial charge in [-0.05, 0) is 55.5 Å². The minimum absolute atomic E-state index is 0.122. The molecule has 3 amide bonds. The highest BCUT2D eigenvalue weighted by Gasteiger charge is 2.51. The third kappa shape index (κ3) is 5.37. The number of esters is 1. The molecule has 7 nitrogen and oxygen atoms in total. The fourth-order valence-corrected chi connectivity index (χ4v) is 5.04. The van der Waals surface area contributed by atoms with E-state index in [1.165, 1.54) is 0 Å². The minimum atomic E-state index is -1.13. The smallest absolute Gasteiger partial charge is 0.330 e. The molecule has 8 heteroatoms. The van der Waals surface area contributed by atoms with E-state index in [-0.39, 0.29) is 18.2 Å². The number of imide groups is 1. The van der Waals surface area contributed by atoms with Crippen molar-refractivity contribution in [1.29, 1.82) is 0 Å². The van der Waals surface area contributed by atoms with Crippen LogP contribution in [0.3, 0.4) is 0 Å². The molecule has 1 fully saturated rings. The van der Waals surface area contributed by atoms with Crippen molar-refractivity contribution in [3.05, 3.63) is 75.8 Å². The summed E-state index contributed by atoms with van der Waals surface area (Å²) in [5.41, 5.74) is 3.21. The molecule has 0 spiro atoms. The monoisotopic (exact) mass is 538 g/mol. The van der Waals surface area contributed by atoms with Gasteiger partial charge in [0.2, 0.25) is 11.8 Å². The number of aryl methyl sites for hydroxylation is 2. The molecule has 2 aromatic rings. The number of nitrogens with one attached hydrogen (secondary N) is 1. The van der Waals surface area contributed by atoms with Crippen LogP contribution in [0.1, 0.15) is 29.5 Å². The third-order valence-electron chi connectivity index (χ3n) is 6.52. The number of fused-ring (bicyclic) bond motifs is 1. The van der Waals surface area contributed by atoms with Gasteiger partial charge in [-0.2, -0.15) is 0 Å². The molecule has 1 N–H and O–H groups in total. The SMILES string of the molecule is Cc1cc(NC(=O)COC(=O)[C@H](Cc2ccccc2)N2C(=O)[C@@H]3CC=CC[C@H]3C2=O)c(C)cc1Br. The summed E-state index contributed by atoms with van der Waals surface area (Å²) in [5, 5.41) is 2.76. The van der Waals surface area contributed by atoms with Gasteiger partial charge in [0.05, 0.1) is 11.8 Å². The van der Waals surface area contributed by atoms with Crippen LogP contribution in [0.5, 0.6) is 0 Å². The molecule has 0 bridgehead atoms. The van der Waals surface area contributed by atoms with E-state index in [0.29, 0.717) is 18.5 Å². The van der Waals surface area contributed by atoms with Gasteiger partial charge in [0.15, 0.2) is 6.61 Å². The Morgan fingerprint density at radius 3 is 2.29 bits per heavy atom. The number of likely N-dealkylation sites (tertiary alicyclic amines) is 1. The number of halogens is 1. The Bertz CT molecular complexity index is 1170. The lowest BCUT2D eigenvalue weighted by atomic mass is 9.85. The standard InChI is InChI=1S/C27H27BrN2O5/c1-16-13-22(17(2)12-21(16)28)29-24(31)15-35-27(34)23(14-18-8-4-3-5-9-18)30-25(32)19-10-6-7-11-20(19)26(30)33/h3-9,12-13,19-20,23H,10-11,14-15H2,1-2H3,(H,29,31)/t19-,20-,23+/m1/s1. The fraction of sp³-hybridized carbons (Fsp3) is 0.333. The van der Waals surface area contributed by atoms with Gasteiger partial charge in [0.1, 0.15) is 6.04 Å². The average Bonchev–Trinajstić information content (AvgIpc) is 3.10. The summed E-state index contributed by atoms with van der Waals surface area (Å²) in [5.74, 6) is -2.89. The summed E-state index contributed by atoms with van der Waals surface area (Å²) in [4.78, 5) is 53.1. The van der Waals surface area contributed by atoms with Gasteiger partial charge in [-0.15, -0.1) is 0 Å². The van der Waals surface area contributed by atoms with Crippen molar-refractivity contribution in [2.24, 2.45) is 11.8 Å². The van der Waals surface area contributed by atoms with Gasteiger partial charge in [0, 0.05) is 16.6 Å². The number of nitrogens with zero attached hydrogens (tertiary/aromatic N) is 1. The lowest BCUT2D eigenvalue weighted by molar-refractivity contribution is -0.159. The molecule has 0 aromatic heterocycles. The molecule has 1 saturated heterocycles. The van der Waals surface area contributed by atoms with E-state index in [4.69, 9.17) is 4.74 Å². The first-order valence-electron chi connectivity index (χ1n) is 11.6. The van der Waals surface area contributed by atoms with Crippen LogP contribution in [-0.4, -0.2) is 41.2 Å². The number of carbonyl (C=O) groups excluding carboxylic acids is 4. The van der Waals surface area contributed by atoms with Crippen LogP contribution in [0.25, 0.3) is 0 Å². The van der Waals surface area contributed by atoms with Gasteiger partial charge in [0.25, 0.3) is 5.91 Å². The number of hydrogen-bond acceptors (Lipinski definition) is 5. The van der Waals surface area contributed by atoms with Crippen molar-refractivity contribution in [3.63, 3.8) is 0 Å². The molecule has 3 atom stereocenters. The van der Waals surface area contributed by atoms with Crippen LogP contribution in [0.2, 0.25) is 0 Å². The summed E-state index contributed by atoms with van der Waals surface area (Å²) in [6.07, 6.45) is 4.88. The highest BCUT2D eigenvalue weighted by atomic mass is 79.9. The molecule has 182 valence electrons. The highest BCUT2D eigenvalue weighted by Crippen LogP contribution is 2.36. The lowest BCUT2D eigenvalue weighted by Gasteiger charge is -2.25. The zero-order chi connectivity index (χ0) is 25.1. The van der Waals surface area contributed by atoms with Crippen molar-refractivity contribution >= 4 is 45.3 Å². The predicted molar refractivity (Wildman–Crippen MR) is 134 cm³/mol. The van der Waals surface area contributed by atoms with Crippen LogP contribution in [-0.2, 0) is 30.3 Å². The first-order valence-corrected chi connectivity index (χ1v) is 12.3. The number of amides is 3. The van der Waals surface area contributed by atoms with Crippen LogP contribution < -0.4 is 5.32 Å². The summed E-state index contributed by atoms with van der Waals surface area (Å²) >= 11 is 3.46. The Hall–Kier alpha value is -3.26. The Balaban J connectivity index is 1.49. The van der Waals surface area contributed by atoms with Crippen LogP contribution in [0.4, 0.5) is 5.69 Å². The molecule has 4 rings (SSSR count). The second-order valence-corrected chi connectivity index (χ2v) is 9.83. The van der Waals surface area contributed by atoms with Gasteiger partial charge in [-0.25, -0.2) is 4.79 Å². The maximum absolute atomic E-state index is 13.2. The molecule has 2 aliphatic rings. The van der Waals surface area contributed by atoms with E-state index in [0.717, 1.165) is 26.1 Å². The van der Waals surface area contributed by atoms with Crippen molar-refractivity contribution in [1.82, 2.24) is 4.90 Å². The van der Waals surface area contributed by atoms with Gasteiger partial charge in [-0.1, -0.05) is 58.4 Å². The first-order chi connectivity index (χ1) is 16.8. The van der Waals surface area contributed by atoms with Crippen molar-refractivity contribution in [3.8, 4) is 0 Å². The third-order valence-corrected chi connectivity index (χ3v) is 7.38. The molecule has 35 heavy (non-hydrogen) atoms. The van der Waals surface area contributed by atoms with E-state index < -0.39 is 36.4 Å². The molecular weight excluding hydrogens is 512 g/mol. The summed E-state index contributed by atoms with van der Waals surface area (Å²) in [7, 11) is 0. The fourth-order valence-electron chi connectivity index (χ4n) is 4.59. The average molecular weight is 539 g/mol. The number of rotatable bonds is 7. The Morgan fingerprint density at radius 1 is 1.03 bits per heavy atom. The maximum atomic E-state index is 13.2. The van der Waals surface area contributed by atoms with Gasteiger partial charge >= 0.3 is 5.97 Å². The summed E-state index contributed by atoms with van der Waals surface area (Å²) < 4.78 is 6.27. The normalized spacial score (nSPS) is 19.9. The number of allylic oxidation sites excluding steroid dienone is 2. The Kier molecular flexibility index (Phi) is 7.50. The number of carbonyl (C=O) groups is 4. The highest BCUT2D eigenvalue weighted by molar-refractivity contribution is 9.10. The van der Waals surface area contributed by atoms with Crippen LogP contribution in [0.15, 0.2) is 59.1 Å². The molecule has 0 unspecified atom stereocenters. The number of hydrogen-bond donors (Lipinski definition) is 1. The van der Waals surface area contributed by atoms with E-state index in [1.54, 1.807) is 0 Å². The molecule has 1 aliphatic heterocycles. The molecule has 1 aliphatic carbocycles. The largest absolute Gasteiger partial charge is 0.454 e. The van der Waals surface area contributed by atoms with Gasteiger partial charge in [-0.3, -0.25) is 19.3 Å². The van der Waals surface area contributed by atoms with Crippen molar-refractivity contribution < 1.29 is 23.9 Å². The van der Waals surface area contributed by atoms with Crippen molar-refractivity contribution in [2.45, 2.75) is 39.2 Å². The second kappa shape index (κ2) is 10.6. The predicted octanol–water partition coefficient (Wildman–Crippen LogP) is 4.11. The zero-order valence-corrected chi connectivity index (χ0v) is 21.2. The topological polar surface area (TPSA) is 92.8 Å². The van der Waals surface area contributed by atoms with E-state index in [2.05, 4.69) is 21.2 Å². The minimum Gasteiger partial charge on any atom is -0.454 e.